The van der Waals surface area contributed by atoms with E-state index in [4.69, 9.17) is 0 Å². The maximum absolute atomic E-state index is 11.4. The maximum Gasteiger partial charge on any atom is 0.323 e. The lowest BCUT2D eigenvalue weighted by molar-refractivity contribution is -0.667. The first-order valence-corrected chi connectivity index (χ1v) is 11.7. The number of aromatic nitrogens is 1. The lowest BCUT2D eigenvalue weighted by Gasteiger charge is -2.17. The second kappa shape index (κ2) is 9.88. The van der Waals surface area contributed by atoms with Gasteiger partial charge in [-0.2, -0.15) is 4.57 Å². The van der Waals surface area contributed by atoms with Crippen molar-refractivity contribution in [2.45, 2.75) is 31.7 Å². The molecule has 0 unspecified atom stereocenters. The molecule has 0 amide bonds. The summed E-state index contributed by atoms with van der Waals surface area (Å²) in [6.07, 6.45) is 11.5. The van der Waals surface area contributed by atoms with Gasteiger partial charge in [-0.25, -0.2) is 0 Å². The van der Waals surface area contributed by atoms with E-state index in [1.54, 1.807) is 11.8 Å². The lowest BCUT2D eigenvalue weighted by atomic mass is 10.1. The van der Waals surface area contributed by atoms with Crippen LogP contribution in [0.5, 0.6) is 0 Å². The number of aliphatic carboxylic acids is 1. The lowest BCUT2D eigenvalue weighted by Crippen LogP contribution is -2.32. The van der Waals surface area contributed by atoms with E-state index in [2.05, 4.69) is 73.2 Å². The van der Waals surface area contributed by atoms with E-state index >= 15 is 0 Å². The van der Waals surface area contributed by atoms with E-state index in [-0.39, 0.29) is 6.54 Å². The molecule has 1 aliphatic rings. The van der Waals surface area contributed by atoms with Crippen molar-refractivity contribution in [1.29, 1.82) is 0 Å². The van der Waals surface area contributed by atoms with Crippen molar-refractivity contribution in [1.82, 2.24) is 0 Å². The van der Waals surface area contributed by atoms with E-state index in [1.807, 2.05) is 35.2 Å². The Morgan fingerprint density at radius 1 is 1.09 bits per heavy atom. The van der Waals surface area contributed by atoms with E-state index in [1.165, 1.54) is 22.0 Å². The second-order valence-electron chi connectivity index (χ2n) is 7.56. The normalized spacial score (nSPS) is 15.1. The predicted molar refractivity (Wildman–Crippen MR) is 133 cm³/mol. The summed E-state index contributed by atoms with van der Waals surface area (Å²) in [6, 6.07) is 18.6. The number of hydrogen-bond donors (Lipinski definition) is 1. The highest BCUT2D eigenvalue weighted by atomic mass is 32.2. The number of aryl methyl sites for hydroxylation is 1. The zero-order valence-corrected chi connectivity index (χ0v) is 19.2. The minimum absolute atomic E-state index is 0.0472. The van der Waals surface area contributed by atoms with Crippen LogP contribution >= 0.6 is 11.8 Å². The molecule has 1 aliphatic heterocycles. The summed E-state index contributed by atoms with van der Waals surface area (Å²) in [5.41, 5.74) is 4.55. The Balaban J connectivity index is 1.63. The van der Waals surface area contributed by atoms with Crippen molar-refractivity contribution in [3.05, 3.63) is 95.2 Å². The zero-order chi connectivity index (χ0) is 22.5. The monoisotopic (exact) mass is 443 g/mol. The van der Waals surface area contributed by atoms with Crippen molar-refractivity contribution >= 4 is 40.4 Å². The van der Waals surface area contributed by atoms with Crippen LogP contribution in [-0.2, 0) is 11.3 Å². The molecule has 4 rings (SSSR count). The number of allylic oxidation sites excluding steroid dienone is 4. The summed E-state index contributed by atoms with van der Waals surface area (Å²) in [4.78, 5) is 14.4. The minimum atomic E-state index is -0.840. The van der Waals surface area contributed by atoms with Crippen LogP contribution in [0, 0.1) is 0 Å². The summed E-state index contributed by atoms with van der Waals surface area (Å²) in [7, 11) is 0. The summed E-state index contributed by atoms with van der Waals surface area (Å²) in [5.74, 6) is -0.840. The number of carboxylic acids is 1. The summed E-state index contributed by atoms with van der Waals surface area (Å²) >= 11 is 1.61. The number of benzene rings is 2. The Hall–Kier alpha value is -3.31. The molecule has 0 spiro atoms. The van der Waals surface area contributed by atoms with Crippen LogP contribution in [-0.4, -0.2) is 17.6 Å². The number of anilines is 1. The molecule has 162 valence electrons. The predicted octanol–water partition coefficient (Wildman–Crippen LogP) is 6.04. The molecule has 2 heterocycles. The quantitative estimate of drug-likeness (QED) is 0.357. The summed E-state index contributed by atoms with van der Waals surface area (Å²) < 4.78 is 2.25. The van der Waals surface area contributed by atoms with Crippen molar-refractivity contribution in [3.8, 4) is 0 Å². The summed E-state index contributed by atoms with van der Waals surface area (Å²) in [6.45, 7) is 5.17. The first kappa shape index (κ1) is 21.9. The Labute approximate surface area is 193 Å². The van der Waals surface area contributed by atoms with Gasteiger partial charge in [0.25, 0.3) is 0 Å². The molecule has 2 aromatic carbocycles. The Morgan fingerprint density at radius 2 is 1.88 bits per heavy atom. The molecule has 0 aliphatic carbocycles. The van der Waals surface area contributed by atoms with Crippen LogP contribution in [0.15, 0.2) is 94.5 Å². The van der Waals surface area contributed by atoms with E-state index in [0.717, 1.165) is 28.6 Å². The van der Waals surface area contributed by atoms with Gasteiger partial charge in [-0.15, -0.1) is 0 Å². The van der Waals surface area contributed by atoms with E-state index in [9.17, 15) is 9.90 Å². The SMILES string of the molecule is CCC(/C=C/c1cc[n+](CC)c2ccccc12)=C\C=C1\Sc2ccccc2N1CC(=O)O. The van der Waals surface area contributed by atoms with Gasteiger partial charge in [0.15, 0.2) is 6.20 Å². The van der Waals surface area contributed by atoms with Gasteiger partial charge in [-0.1, -0.05) is 61.2 Å². The molecule has 3 aromatic rings. The highest BCUT2D eigenvalue weighted by Gasteiger charge is 2.25. The summed E-state index contributed by atoms with van der Waals surface area (Å²) in [5, 5.41) is 11.5. The molecular weight excluding hydrogens is 416 g/mol. The van der Waals surface area contributed by atoms with Gasteiger partial charge in [0.2, 0.25) is 5.52 Å². The molecule has 0 fully saturated rings. The van der Waals surface area contributed by atoms with Crippen LogP contribution < -0.4 is 9.47 Å². The number of nitrogens with zero attached hydrogens (tertiary/aromatic N) is 2. The average Bonchev–Trinajstić information content (AvgIpc) is 3.15. The van der Waals surface area contributed by atoms with Gasteiger partial charge in [0, 0.05) is 17.0 Å². The van der Waals surface area contributed by atoms with Crippen LogP contribution in [0.1, 0.15) is 25.8 Å². The molecule has 0 atom stereocenters. The third kappa shape index (κ3) is 4.63. The second-order valence-corrected chi connectivity index (χ2v) is 8.62. The highest BCUT2D eigenvalue weighted by molar-refractivity contribution is 8.03. The number of carboxylic acid groups (broad SMARTS) is 1. The zero-order valence-electron chi connectivity index (χ0n) is 18.4. The van der Waals surface area contributed by atoms with Crippen LogP contribution in [0.4, 0.5) is 5.69 Å². The Bertz CT molecular complexity index is 1240. The molecular formula is C27H27N2O2S+. The maximum atomic E-state index is 11.4. The first-order chi connectivity index (χ1) is 15.6. The molecule has 0 saturated carbocycles. The Morgan fingerprint density at radius 3 is 2.66 bits per heavy atom. The molecule has 5 heteroatoms. The molecule has 0 saturated heterocycles. The Kier molecular flexibility index (Phi) is 6.76. The number of pyridine rings is 1. The van der Waals surface area contributed by atoms with E-state index < -0.39 is 5.97 Å². The fraction of sp³-hybridized carbons (Fsp3) is 0.185. The largest absolute Gasteiger partial charge is 0.480 e. The fourth-order valence-electron chi connectivity index (χ4n) is 3.87. The van der Waals surface area contributed by atoms with Gasteiger partial charge in [-0.3, -0.25) is 4.79 Å². The number of rotatable bonds is 7. The van der Waals surface area contributed by atoms with Gasteiger partial charge in [0.05, 0.1) is 16.1 Å². The topological polar surface area (TPSA) is 44.4 Å². The van der Waals surface area contributed by atoms with Crippen molar-refractivity contribution in [2.24, 2.45) is 0 Å². The molecule has 1 aromatic heterocycles. The molecule has 0 bridgehead atoms. The van der Waals surface area contributed by atoms with Crippen molar-refractivity contribution in [3.63, 3.8) is 0 Å². The van der Waals surface area contributed by atoms with Gasteiger partial charge in [0.1, 0.15) is 13.1 Å². The number of thioether (sulfide) groups is 1. The highest BCUT2D eigenvalue weighted by Crippen LogP contribution is 2.45. The van der Waals surface area contributed by atoms with Gasteiger partial charge < -0.3 is 10.0 Å². The molecule has 0 radical (unpaired) electrons. The number of hydrogen-bond acceptors (Lipinski definition) is 3. The van der Waals surface area contributed by atoms with E-state index in [0.29, 0.717) is 0 Å². The standard InChI is InChI=1S/C27H26N2O2S/c1-3-20(13-15-21-17-18-28(4-2)23-10-6-5-9-22(21)23)14-16-26-29(19-27(30)31)24-11-7-8-12-25(24)32-26/h5-18H,3-4,19H2,1-2H3/p+1. The number of para-hydroxylation sites is 2. The third-order valence-corrected chi connectivity index (χ3v) is 6.69. The van der Waals surface area contributed by atoms with Crippen molar-refractivity contribution in [2.75, 3.05) is 11.4 Å². The first-order valence-electron chi connectivity index (χ1n) is 10.9. The smallest absolute Gasteiger partial charge is 0.323 e. The molecule has 4 nitrogen and oxygen atoms in total. The van der Waals surface area contributed by atoms with Gasteiger partial charge in [-0.05, 0) is 48.8 Å². The van der Waals surface area contributed by atoms with Gasteiger partial charge >= 0.3 is 5.97 Å². The number of carbonyl (C=O) groups is 1. The minimum Gasteiger partial charge on any atom is -0.480 e. The average molecular weight is 444 g/mol. The molecule has 32 heavy (non-hydrogen) atoms. The third-order valence-electron chi connectivity index (χ3n) is 5.55. The van der Waals surface area contributed by atoms with Crippen molar-refractivity contribution < 1.29 is 14.5 Å². The molecule has 1 N–H and O–H groups in total. The van der Waals surface area contributed by atoms with Crippen LogP contribution in [0.3, 0.4) is 0 Å². The van der Waals surface area contributed by atoms with Crippen LogP contribution in [0.25, 0.3) is 17.0 Å². The number of fused-ring (bicyclic) bond motifs is 2. The fourth-order valence-corrected chi connectivity index (χ4v) is 4.94. The van der Waals surface area contributed by atoms with Crippen LogP contribution in [0.2, 0.25) is 0 Å².